The van der Waals surface area contributed by atoms with Gasteiger partial charge in [0.1, 0.15) is 0 Å². The Hall–Kier alpha value is -1.95. The summed E-state index contributed by atoms with van der Waals surface area (Å²) in [6, 6.07) is 8.28. The molecule has 0 N–H and O–H groups in total. The van der Waals surface area contributed by atoms with E-state index in [0.29, 0.717) is 0 Å². The van der Waals surface area contributed by atoms with Crippen molar-refractivity contribution in [2.45, 2.75) is 44.7 Å². The summed E-state index contributed by atoms with van der Waals surface area (Å²) in [6.07, 6.45) is 3.52. The Morgan fingerprint density at radius 3 is 2.48 bits per heavy atom. The maximum absolute atomic E-state index is 12.0. The molecule has 2 atom stereocenters. The van der Waals surface area contributed by atoms with Crippen LogP contribution in [0.25, 0.3) is 0 Å². The zero-order chi connectivity index (χ0) is 16.7. The van der Waals surface area contributed by atoms with E-state index in [1.54, 1.807) is 6.92 Å². The summed E-state index contributed by atoms with van der Waals surface area (Å²) < 4.78 is 4.89. The van der Waals surface area contributed by atoms with Gasteiger partial charge in [0, 0.05) is 17.4 Å². The molecule has 1 aromatic carbocycles. The van der Waals surface area contributed by atoms with Crippen LogP contribution in [0.3, 0.4) is 0 Å². The molecular weight excluding hydrogens is 296 g/mol. The molecule has 6 nitrogen and oxygen atoms in total. The van der Waals surface area contributed by atoms with Gasteiger partial charge < -0.3 is 4.74 Å². The van der Waals surface area contributed by atoms with Crippen molar-refractivity contribution in [3.8, 4) is 0 Å². The summed E-state index contributed by atoms with van der Waals surface area (Å²) in [5.41, 5.74) is 1.02. The number of rotatable bonds is 7. The average molecular weight is 320 g/mol. The molecule has 6 heteroatoms. The van der Waals surface area contributed by atoms with Crippen LogP contribution in [0.4, 0.5) is 0 Å². The molecule has 2 rings (SSSR count). The Kier molecular flexibility index (Phi) is 6.52. The van der Waals surface area contributed by atoms with E-state index in [4.69, 9.17) is 4.74 Å². The molecule has 0 radical (unpaired) electrons. The van der Waals surface area contributed by atoms with E-state index in [2.05, 4.69) is 4.90 Å². The van der Waals surface area contributed by atoms with Crippen molar-refractivity contribution in [2.75, 3.05) is 19.7 Å². The number of nitro groups is 1. The van der Waals surface area contributed by atoms with E-state index in [-0.39, 0.29) is 19.1 Å². The molecule has 0 saturated carbocycles. The van der Waals surface area contributed by atoms with Crippen LogP contribution in [0.1, 0.15) is 44.2 Å². The molecule has 1 fully saturated rings. The quantitative estimate of drug-likeness (QED) is 0.439. The highest BCUT2D eigenvalue weighted by Crippen LogP contribution is 2.29. The van der Waals surface area contributed by atoms with Gasteiger partial charge in [-0.05, 0) is 38.4 Å². The van der Waals surface area contributed by atoms with Gasteiger partial charge in [-0.3, -0.25) is 15.0 Å². The van der Waals surface area contributed by atoms with Gasteiger partial charge in [0.15, 0.2) is 0 Å². The first kappa shape index (κ1) is 17.4. The van der Waals surface area contributed by atoms with Gasteiger partial charge in [-0.1, -0.05) is 36.8 Å². The second-order valence-electron chi connectivity index (χ2n) is 5.81. The predicted molar refractivity (Wildman–Crippen MR) is 86.6 cm³/mol. The standard InChI is InChI=1S/C17H24N2O4/c1-2-23-17(20)16(19(21)22)13-15(14-9-5-3-6-10-14)18-11-7-4-8-12-18/h3,5-6,9-10,15-16H,2,4,7-8,11-13H2,1H3. The molecule has 1 heterocycles. The summed E-state index contributed by atoms with van der Waals surface area (Å²) in [7, 11) is 0. The van der Waals surface area contributed by atoms with Crippen molar-refractivity contribution < 1.29 is 14.5 Å². The summed E-state index contributed by atoms with van der Waals surface area (Å²) >= 11 is 0. The van der Waals surface area contributed by atoms with Gasteiger partial charge in [0.2, 0.25) is 0 Å². The van der Waals surface area contributed by atoms with Crippen LogP contribution in [0.15, 0.2) is 30.3 Å². The van der Waals surface area contributed by atoms with E-state index in [1.807, 2.05) is 30.3 Å². The number of likely N-dealkylation sites (tertiary alicyclic amines) is 1. The third-order valence-corrected chi connectivity index (χ3v) is 4.28. The molecule has 1 aromatic rings. The molecular formula is C17H24N2O4. The summed E-state index contributed by atoms with van der Waals surface area (Å²) in [4.78, 5) is 25.0. The number of piperidine rings is 1. The van der Waals surface area contributed by atoms with Crippen LogP contribution in [0.2, 0.25) is 0 Å². The zero-order valence-corrected chi connectivity index (χ0v) is 13.5. The van der Waals surface area contributed by atoms with Crippen LogP contribution < -0.4 is 0 Å². The number of ether oxygens (including phenoxy) is 1. The molecule has 0 bridgehead atoms. The van der Waals surface area contributed by atoms with E-state index in [9.17, 15) is 14.9 Å². The molecule has 1 aliphatic rings. The van der Waals surface area contributed by atoms with Gasteiger partial charge in [-0.25, -0.2) is 4.79 Å². The Morgan fingerprint density at radius 2 is 1.91 bits per heavy atom. The first-order valence-corrected chi connectivity index (χ1v) is 8.22. The fraction of sp³-hybridized carbons (Fsp3) is 0.588. The highest BCUT2D eigenvalue weighted by Gasteiger charge is 2.37. The van der Waals surface area contributed by atoms with Crippen molar-refractivity contribution in [2.24, 2.45) is 0 Å². The lowest BCUT2D eigenvalue weighted by Crippen LogP contribution is -2.40. The van der Waals surface area contributed by atoms with Crippen LogP contribution in [-0.2, 0) is 9.53 Å². The van der Waals surface area contributed by atoms with Gasteiger partial charge in [-0.2, -0.15) is 0 Å². The SMILES string of the molecule is CCOC(=O)C(CC(c1ccccc1)N1CCCCC1)[N+](=O)[O-]. The normalized spacial score (nSPS) is 18.1. The van der Waals surface area contributed by atoms with E-state index >= 15 is 0 Å². The Labute approximate surface area is 136 Å². The number of esters is 1. The monoisotopic (exact) mass is 320 g/mol. The largest absolute Gasteiger partial charge is 0.461 e. The number of carbonyl (C=O) groups excluding carboxylic acids is 1. The van der Waals surface area contributed by atoms with Gasteiger partial charge >= 0.3 is 12.0 Å². The number of benzene rings is 1. The van der Waals surface area contributed by atoms with Crippen LogP contribution in [-0.4, -0.2) is 41.5 Å². The highest BCUT2D eigenvalue weighted by atomic mass is 16.6. The number of carbonyl (C=O) groups is 1. The summed E-state index contributed by atoms with van der Waals surface area (Å²) in [6.45, 7) is 3.64. The maximum atomic E-state index is 12.0. The lowest BCUT2D eigenvalue weighted by molar-refractivity contribution is -0.512. The first-order chi connectivity index (χ1) is 11.1. The molecule has 1 saturated heterocycles. The van der Waals surface area contributed by atoms with E-state index < -0.39 is 16.9 Å². The zero-order valence-electron chi connectivity index (χ0n) is 13.5. The molecule has 0 spiro atoms. The van der Waals surface area contributed by atoms with Gasteiger partial charge in [0.05, 0.1) is 6.61 Å². The molecule has 2 unspecified atom stereocenters. The van der Waals surface area contributed by atoms with Crippen molar-refractivity contribution in [3.63, 3.8) is 0 Å². The van der Waals surface area contributed by atoms with Crippen LogP contribution in [0.5, 0.6) is 0 Å². The molecule has 126 valence electrons. The van der Waals surface area contributed by atoms with E-state index in [1.165, 1.54) is 6.42 Å². The predicted octanol–water partition coefficient (Wildman–Crippen LogP) is 2.81. The Bertz CT molecular complexity index is 515. The third kappa shape index (κ3) is 4.76. The number of nitrogens with zero attached hydrogens (tertiary/aromatic N) is 2. The lowest BCUT2D eigenvalue weighted by atomic mass is 9.95. The maximum Gasteiger partial charge on any atom is 0.381 e. The van der Waals surface area contributed by atoms with Crippen molar-refractivity contribution in [3.05, 3.63) is 46.0 Å². The highest BCUT2D eigenvalue weighted by molar-refractivity contribution is 5.74. The third-order valence-electron chi connectivity index (χ3n) is 4.28. The molecule has 23 heavy (non-hydrogen) atoms. The smallest absolute Gasteiger partial charge is 0.381 e. The number of hydrogen-bond acceptors (Lipinski definition) is 5. The van der Waals surface area contributed by atoms with Gasteiger partial charge in [-0.15, -0.1) is 0 Å². The topological polar surface area (TPSA) is 72.7 Å². The Morgan fingerprint density at radius 1 is 1.26 bits per heavy atom. The summed E-state index contributed by atoms with van der Waals surface area (Å²) in [5, 5.41) is 11.4. The van der Waals surface area contributed by atoms with E-state index in [0.717, 1.165) is 31.5 Å². The Balaban J connectivity index is 2.21. The fourth-order valence-corrected chi connectivity index (χ4v) is 3.12. The summed E-state index contributed by atoms with van der Waals surface area (Å²) in [5.74, 6) is -0.740. The number of hydrogen-bond donors (Lipinski definition) is 0. The molecule has 0 aliphatic carbocycles. The minimum Gasteiger partial charge on any atom is -0.461 e. The average Bonchev–Trinajstić information content (AvgIpc) is 2.57. The fourth-order valence-electron chi connectivity index (χ4n) is 3.12. The minimum atomic E-state index is -1.32. The van der Waals surface area contributed by atoms with Gasteiger partial charge in [0.25, 0.3) is 0 Å². The van der Waals surface area contributed by atoms with Crippen molar-refractivity contribution in [1.29, 1.82) is 0 Å². The second kappa shape index (κ2) is 8.62. The van der Waals surface area contributed by atoms with Crippen LogP contribution >= 0.6 is 0 Å². The lowest BCUT2D eigenvalue weighted by Gasteiger charge is -2.35. The minimum absolute atomic E-state index is 0.128. The molecule has 0 amide bonds. The van der Waals surface area contributed by atoms with Crippen molar-refractivity contribution >= 4 is 5.97 Å². The molecule has 1 aliphatic heterocycles. The molecule has 0 aromatic heterocycles. The van der Waals surface area contributed by atoms with Crippen LogP contribution in [0, 0.1) is 10.1 Å². The first-order valence-electron chi connectivity index (χ1n) is 8.22. The van der Waals surface area contributed by atoms with Crippen molar-refractivity contribution in [1.82, 2.24) is 4.90 Å². The second-order valence-corrected chi connectivity index (χ2v) is 5.81.